The molecule has 1 aromatic heterocycles. The smallest absolute Gasteiger partial charge is 0.417 e. The second kappa shape index (κ2) is 6.37. The molecule has 0 aliphatic carbocycles. The van der Waals surface area contributed by atoms with Crippen molar-refractivity contribution < 1.29 is 30.4 Å². The Morgan fingerprint density at radius 2 is 2.00 bits per heavy atom. The number of rotatable bonds is 3. The topological polar surface area (TPSA) is 76.3 Å². The molecule has 1 atom stereocenters. The molecule has 11 heteroatoms. The number of nitrogens with zero attached hydrogens (tertiary/aromatic N) is 3. The standard InChI is InChI=1S/C14H13F4N3O3S/c15-10-4-1-5-11(7-10)25(22,23)21-6-2-3-9(8-21)12-19-20-13(24-12)14(16,17)18/h1,4-5,7,9H,2-3,6,8H2. The molecule has 1 saturated heterocycles. The van der Waals surface area contributed by atoms with Crippen molar-refractivity contribution in [2.45, 2.75) is 29.8 Å². The Morgan fingerprint density at radius 3 is 2.64 bits per heavy atom. The lowest BCUT2D eigenvalue weighted by Gasteiger charge is -2.30. The average Bonchev–Trinajstić information content (AvgIpc) is 3.05. The Morgan fingerprint density at radius 1 is 1.24 bits per heavy atom. The Bertz CT molecular complexity index is 866. The van der Waals surface area contributed by atoms with Crippen LogP contribution in [0.2, 0.25) is 0 Å². The van der Waals surface area contributed by atoms with E-state index in [0.29, 0.717) is 12.8 Å². The zero-order valence-electron chi connectivity index (χ0n) is 12.7. The highest BCUT2D eigenvalue weighted by atomic mass is 32.2. The van der Waals surface area contributed by atoms with Crippen LogP contribution in [0.15, 0.2) is 33.6 Å². The van der Waals surface area contributed by atoms with E-state index < -0.39 is 33.8 Å². The highest BCUT2D eigenvalue weighted by Crippen LogP contribution is 2.33. The minimum Gasteiger partial charge on any atom is -0.417 e. The summed E-state index contributed by atoms with van der Waals surface area (Å²) in [6.07, 6.45) is -3.94. The zero-order chi connectivity index (χ0) is 18.2. The molecule has 1 aliphatic heterocycles. The first-order chi connectivity index (χ1) is 11.7. The number of hydrogen-bond donors (Lipinski definition) is 0. The van der Waals surface area contributed by atoms with Gasteiger partial charge in [-0.15, -0.1) is 10.2 Å². The number of alkyl halides is 3. The quantitative estimate of drug-likeness (QED) is 0.767. The third-order valence-corrected chi connectivity index (χ3v) is 5.71. The first-order valence-electron chi connectivity index (χ1n) is 7.34. The van der Waals surface area contributed by atoms with Crippen molar-refractivity contribution in [3.8, 4) is 0 Å². The van der Waals surface area contributed by atoms with Gasteiger partial charge in [-0.25, -0.2) is 12.8 Å². The molecule has 136 valence electrons. The van der Waals surface area contributed by atoms with E-state index in [2.05, 4.69) is 14.6 Å². The fourth-order valence-corrected chi connectivity index (χ4v) is 4.21. The van der Waals surface area contributed by atoms with Gasteiger partial charge in [-0.1, -0.05) is 6.07 Å². The van der Waals surface area contributed by atoms with Gasteiger partial charge in [0.1, 0.15) is 5.82 Å². The van der Waals surface area contributed by atoms with E-state index in [1.807, 2.05) is 0 Å². The molecular weight excluding hydrogens is 366 g/mol. The molecule has 3 rings (SSSR count). The van der Waals surface area contributed by atoms with E-state index >= 15 is 0 Å². The molecule has 0 saturated carbocycles. The van der Waals surface area contributed by atoms with Crippen molar-refractivity contribution in [3.05, 3.63) is 41.9 Å². The van der Waals surface area contributed by atoms with Gasteiger partial charge < -0.3 is 4.42 Å². The fraction of sp³-hybridized carbons (Fsp3) is 0.429. The number of sulfonamides is 1. The van der Waals surface area contributed by atoms with E-state index in [0.717, 1.165) is 16.4 Å². The normalized spacial score (nSPS) is 19.9. The summed E-state index contributed by atoms with van der Waals surface area (Å²) in [5.74, 6) is -3.07. The summed E-state index contributed by atoms with van der Waals surface area (Å²) < 4.78 is 81.9. The SMILES string of the molecule is O=S(=O)(c1cccc(F)c1)N1CCCC(c2nnc(C(F)(F)F)o2)C1. The lowest BCUT2D eigenvalue weighted by molar-refractivity contribution is -0.157. The van der Waals surface area contributed by atoms with Crippen molar-refractivity contribution in [2.24, 2.45) is 0 Å². The van der Waals surface area contributed by atoms with Crippen LogP contribution >= 0.6 is 0 Å². The first-order valence-corrected chi connectivity index (χ1v) is 8.78. The van der Waals surface area contributed by atoms with Crippen LogP contribution in [0.3, 0.4) is 0 Å². The Kier molecular flexibility index (Phi) is 4.54. The molecule has 0 spiro atoms. The van der Waals surface area contributed by atoms with Gasteiger partial charge in [0.2, 0.25) is 15.9 Å². The van der Waals surface area contributed by atoms with Crippen molar-refractivity contribution in [3.63, 3.8) is 0 Å². The molecule has 2 heterocycles. The number of aromatic nitrogens is 2. The Labute approximate surface area is 140 Å². The monoisotopic (exact) mass is 379 g/mol. The van der Waals surface area contributed by atoms with Gasteiger partial charge >= 0.3 is 12.1 Å². The van der Waals surface area contributed by atoms with Crippen LogP contribution < -0.4 is 0 Å². The second-order valence-corrected chi connectivity index (χ2v) is 7.54. The third-order valence-electron chi connectivity index (χ3n) is 3.85. The van der Waals surface area contributed by atoms with Crippen molar-refractivity contribution in [1.82, 2.24) is 14.5 Å². The molecule has 2 aromatic rings. The molecule has 25 heavy (non-hydrogen) atoms. The number of benzene rings is 1. The van der Waals surface area contributed by atoms with Crippen LogP contribution in [0.4, 0.5) is 17.6 Å². The van der Waals surface area contributed by atoms with Crippen molar-refractivity contribution >= 4 is 10.0 Å². The van der Waals surface area contributed by atoms with E-state index in [1.54, 1.807) is 0 Å². The van der Waals surface area contributed by atoms with Crippen LogP contribution in [0.25, 0.3) is 0 Å². The lowest BCUT2D eigenvalue weighted by atomic mass is 10.00. The van der Waals surface area contributed by atoms with Crippen molar-refractivity contribution in [1.29, 1.82) is 0 Å². The summed E-state index contributed by atoms with van der Waals surface area (Å²) in [6.45, 7) is 0.0634. The molecule has 0 bridgehead atoms. The van der Waals surface area contributed by atoms with E-state index in [-0.39, 0.29) is 23.9 Å². The molecule has 1 aliphatic rings. The molecule has 1 fully saturated rings. The number of halogens is 4. The highest BCUT2D eigenvalue weighted by Gasteiger charge is 2.40. The number of hydrogen-bond acceptors (Lipinski definition) is 5. The summed E-state index contributed by atoms with van der Waals surface area (Å²) in [4.78, 5) is -0.213. The predicted octanol–water partition coefficient (Wildman–Crippen LogP) is 2.80. The third kappa shape index (κ3) is 3.66. The molecule has 0 radical (unpaired) electrons. The predicted molar refractivity (Wildman–Crippen MR) is 76.4 cm³/mol. The molecule has 1 unspecified atom stereocenters. The minimum absolute atomic E-state index is 0.113. The summed E-state index contributed by atoms with van der Waals surface area (Å²) in [5.41, 5.74) is 0. The molecule has 6 nitrogen and oxygen atoms in total. The van der Waals surface area contributed by atoms with Gasteiger partial charge in [0.15, 0.2) is 0 Å². The van der Waals surface area contributed by atoms with Crippen LogP contribution in [0.5, 0.6) is 0 Å². The van der Waals surface area contributed by atoms with Crippen LogP contribution in [0.1, 0.15) is 30.5 Å². The lowest BCUT2D eigenvalue weighted by Crippen LogP contribution is -2.39. The van der Waals surface area contributed by atoms with Gasteiger partial charge in [-0.05, 0) is 31.0 Å². The first kappa shape index (κ1) is 17.8. The van der Waals surface area contributed by atoms with Gasteiger partial charge in [0, 0.05) is 13.1 Å². The summed E-state index contributed by atoms with van der Waals surface area (Å²) in [6, 6.07) is 4.55. The van der Waals surface area contributed by atoms with Crippen molar-refractivity contribution in [2.75, 3.05) is 13.1 Å². The average molecular weight is 379 g/mol. The Hall–Kier alpha value is -2.01. The van der Waals surface area contributed by atoms with Gasteiger partial charge in [0.05, 0.1) is 10.8 Å². The Balaban J connectivity index is 1.82. The molecule has 0 amide bonds. The maximum Gasteiger partial charge on any atom is 0.470 e. The minimum atomic E-state index is -4.76. The van der Waals surface area contributed by atoms with E-state index in [9.17, 15) is 26.0 Å². The summed E-state index contributed by atoms with van der Waals surface area (Å²) >= 11 is 0. The van der Waals surface area contributed by atoms with Crippen LogP contribution in [-0.2, 0) is 16.2 Å². The van der Waals surface area contributed by atoms with Gasteiger partial charge in [-0.2, -0.15) is 17.5 Å². The van der Waals surface area contributed by atoms with E-state index in [1.165, 1.54) is 12.1 Å². The zero-order valence-corrected chi connectivity index (χ0v) is 13.5. The largest absolute Gasteiger partial charge is 0.470 e. The van der Waals surface area contributed by atoms with E-state index in [4.69, 9.17) is 0 Å². The maximum absolute atomic E-state index is 13.3. The maximum atomic E-state index is 13.3. The van der Waals surface area contributed by atoms with Gasteiger partial charge in [0.25, 0.3) is 0 Å². The summed E-state index contributed by atoms with van der Waals surface area (Å²) in [5, 5.41) is 6.35. The molecule has 1 aromatic carbocycles. The number of piperidine rings is 1. The van der Waals surface area contributed by atoms with Crippen LogP contribution in [0, 0.1) is 5.82 Å². The molecule has 0 N–H and O–H groups in total. The summed E-state index contributed by atoms with van der Waals surface area (Å²) in [7, 11) is -3.97. The highest BCUT2D eigenvalue weighted by molar-refractivity contribution is 7.89. The second-order valence-electron chi connectivity index (χ2n) is 5.60. The fourth-order valence-electron chi connectivity index (χ4n) is 2.65. The van der Waals surface area contributed by atoms with Crippen LogP contribution in [-0.4, -0.2) is 36.0 Å². The molecular formula is C14H13F4N3O3S. The van der Waals surface area contributed by atoms with Gasteiger partial charge in [-0.3, -0.25) is 0 Å².